The highest BCUT2D eigenvalue weighted by Gasteiger charge is 2.45. The predicted octanol–water partition coefficient (Wildman–Crippen LogP) is 4.88. The molecule has 0 radical (unpaired) electrons. The van der Waals surface area contributed by atoms with Gasteiger partial charge >= 0.3 is 0 Å². The smallest absolute Gasteiger partial charge is 0.230 e. The van der Waals surface area contributed by atoms with Crippen LogP contribution < -0.4 is 0 Å². The Bertz CT molecular complexity index is 877. The van der Waals surface area contributed by atoms with E-state index in [0.717, 1.165) is 30.7 Å². The van der Waals surface area contributed by atoms with Gasteiger partial charge in [-0.1, -0.05) is 48.0 Å². The number of rotatable bonds is 2. The molecule has 26 heavy (non-hydrogen) atoms. The second-order valence-corrected chi connectivity index (χ2v) is 7.68. The minimum atomic E-state index is -0.802. The molecule has 1 fully saturated rings. The van der Waals surface area contributed by atoms with Gasteiger partial charge < -0.3 is 0 Å². The van der Waals surface area contributed by atoms with E-state index in [1.165, 1.54) is 5.56 Å². The summed E-state index contributed by atoms with van der Waals surface area (Å²) in [6.45, 7) is 0. The Kier molecular flexibility index (Phi) is 4.49. The van der Waals surface area contributed by atoms with Crippen molar-refractivity contribution in [1.29, 1.82) is 0 Å². The second kappa shape index (κ2) is 6.81. The molecule has 0 aliphatic heterocycles. The van der Waals surface area contributed by atoms with Crippen LogP contribution in [0.2, 0.25) is 5.02 Å². The molecule has 2 aromatic carbocycles. The third-order valence-electron chi connectivity index (χ3n) is 5.81. The molecule has 132 valence electrons. The Balaban J connectivity index is 1.52. The van der Waals surface area contributed by atoms with E-state index in [1.807, 2.05) is 24.3 Å². The van der Waals surface area contributed by atoms with Crippen LogP contribution in [0.15, 0.2) is 48.5 Å². The van der Waals surface area contributed by atoms with Crippen molar-refractivity contribution in [1.82, 2.24) is 0 Å². The normalized spacial score (nSPS) is 25.9. The molecule has 3 nitrogen and oxygen atoms in total. The van der Waals surface area contributed by atoms with Crippen LogP contribution in [0.25, 0.3) is 0 Å². The predicted molar refractivity (Wildman–Crippen MR) is 99.8 cm³/mol. The van der Waals surface area contributed by atoms with E-state index in [2.05, 4.69) is 0 Å². The lowest BCUT2D eigenvalue weighted by molar-refractivity contribution is -0.119. The van der Waals surface area contributed by atoms with Crippen LogP contribution in [0.5, 0.6) is 0 Å². The summed E-state index contributed by atoms with van der Waals surface area (Å²) in [5.41, 5.74) is 1.91. The molecule has 4 heteroatoms. The summed E-state index contributed by atoms with van der Waals surface area (Å²) in [6.07, 6.45) is 3.40. The van der Waals surface area contributed by atoms with Crippen molar-refractivity contribution in [2.75, 3.05) is 0 Å². The largest absolute Gasteiger partial charge is 0.293 e. The fraction of sp³-hybridized carbons (Fsp3) is 0.318. The van der Waals surface area contributed by atoms with E-state index in [1.54, 1.807) is 24.3 Å². The van der Waals surface area contributed by atoms with E-state index in [-0.39, 0.29) is 17.3 Å². The van der Waals surface area contributed by atoms with Crippen molar-refractivity contribution in [2.24, 2.45) is 11.8 Å². The Morgan fingerprint density at radius 3 is 2.00 bits per heavy atom. The van der Waals surface area contributed by atoms with Crippen molar-refractivity contribution in [2.45, 2.75) is 31.6 Å². The summed E-state index contributed by atoms with van der Waals surface area (Å²) in [5, 5.41) is 0.720. The Morgan fingerprint density at radius 1 is 0.731 bits per heavy atom. The summed E-state index contributed by atoms with van der Waals surface area (Å²) in [4.78, 5) is 37.9. The average Bonchev–Trinajstić information content (AvgIpc) is 2.68. The summed E-state index contributed by atoms with van der Waals surface area (Å²) in [5.74, 6) is -1.64. The van der Waals surface area contributed by atoms with Gasteiger partial charge in [0.25, 0.3) is 0 Å². The molecule has 0 unspecified atom stereocenters. The summed E-state index contributed by atoms with van der Waals surface area (Å²) in [6, 6.07) is 14.5. The Morgan fingerprint density at radius 2 is 1.35 bits per heavy atom. The number of benzene rings is 2. The zero-order chi connectivity index (χ0) is 18.3. The molecule has 2 aliphatic carbocycles. The standard InChI is InChI=1S/C22H19ClO3/c23-16-11-9-14(10-12-16)13-5-7-15(8-6-13)19-20(24)17-3-1-2-4-18(17)21(25)22(19)26/h1-4,9-13,15,19H,5-8H2/t13?,15?,19-/m1/s1. The van der Waals surface area contributed by atoms with Crippen LogP contribution in [0.1, 0.15) is 57.9 Å². The fourth-order valence-corrected chi connectivity index (χ4v) is 4.53. The lowest BCUT2D eigenvalue weighted by atomic mass is 9.67. The van der Waals surface area contributed by atoms with Gasteiger partial charge in [0.05, 0.1) is 5.92 Å². The molecule has 2 aliphatic rings. The van der Waals surface area contributed by atoms with Gasteiger partial charge in [0.1, 0.15) is 0 Å². The van der Waals surface area contributed by atoms with Crippen molar-refractivity contribution < 1.29 is 14.4 Å². The number of fused-ring (bicyclic) bond motifs is 1. The second-order valence-electron chi connectivity index (χ2n) is 7.24. The number of hydrogen-bond acceptors (Lipinski definition) is 3. The summed E-state index contributed by atoms with van der Waals surface area (Å²) < 4.78 is 0. The summed E-state index contributed by atoms with van der Waals surface area (Å²) >= 11 is 5.96. The van der Waals surface area contributed by atoms with Crippen LogP contribution in [-0.2, 0) is 4.79 Å². The molecule has 0 spiro atoms. The highest BCUT2D eigenvalue weighted by Crippen LogP contribution is 2.41. The molecule has 4 rings (SSSR count). The number of carbonyl (C=O) groups is 3. The topological polar surface area (TPSA) is 51.2 Å². The quantitative estimate of drug-likeness (QED) is 0.562. The fourth-order valence-electron chi connectivity index (χ4n) is 4.41. The number of carbonyl (C=O) groups excluding carboxylic acids is 3. The molecule has 1 saturated carbocycles. The highest BCUT2D eigenvalue weighted by atomic mass is 35.5. The lowest BCUT2D eigenvalue weighted by Crippen LogP contribution is -2.42. The number of ketones is 3. The van der Waals surface area contributed by atoms with E-state index < -0.39 is 17.5 Å². The van der Waals surface area contributed by atoms with E-state index in [0.29, 0.717) is 11.5 Å². The van der Waals surface area contributed by atoms with Crippen LogP contribution in [-0.4, -0.2) is 17.3 Å². The minimum absolute atomic E-state index is 0.0455. The molecule has 0 aromatic heterocycles. The molecule has 0 N–H and O–H groups in total. The number of halogens is 1. The van der Waals surface area contributed by atoms with Crippen LogP contribution >= 0.6 is 11.6 Å². The van der Waals surface area contributed by atoms with Gasteiger partial charge in [0.2, 0.25) is 11.6 Å². The molecule has 0 heterocycles. The van der Waals surface area contributed by atoms with Gasteiger partial charge in [0, 0.05) is 16.1 Å². The first kappa shape index (κ1) is 17.2. The first-order valence-electron chi connectivity index (χ1n) is 9.03. The Labute approximate surface area is 157 Å². The molecule has 1 atom stereocenters. The molecule has 0 bridgehead atoms. The molecular formula is C22H19ClO3. The van der Waals surface area contributed by atoms with Crippen molar-refractivity contribution in [3.05, 3.63) is 70.2 Å². The van der Waals surface area contributed by atoms with Gasteiger partial charge in [-0.3, -0.25) is 14.4 Å². The van der Waals surface area contributed by atoms with Crippen molar-refractivity contribution in [3.63, 3.8) is 0 Å². The highest BCUT2D eigenvalue weighted by molar-refractivity contribution is 6.51. The lowest BCUT2D eigenvalue weighted by Gasteiger charge is -2.34. The third kappa shape index (κ3) is 2.90. The van der Waals surface area contributed by atoms with Gasteiger partial charge in [-0.25, -0.2) is 0 Å². The maximum absolute atomic E-state index is 12.9. The maximum atomic E-state index is 12.9. The van der Waals surface area contributed by atoms with Gasteiger partial charge in [0.15, 0.2) is 5.78 Å². The average molecular weight is 367 g/mol. The van der Waals surface area contributed by atoms with E-state index in [4.69, 9.17) is 11.6 Å². The van der Waals surface area contributed by atoms with Crippen molar-refractivity contribution >= 4 is 29.0 Å². The van der Waals surface area contributed by atoms with Crippen LogP contribution in [0.3, 0.4) is 0 Å². The summed E-state index contributed by atoms with van der Waals surface area (Å²) in [7, 11) is 0. The van der Waals surface area contributed by atoms with Crippen molar-refractivity contribution in [3.8, 4) is 0 Å². The first-order valence-corrected chi connectivity index (χ1v) is 9.41. The zero-order valence-corrected chi connectivity index (χ0v) is 15.0. The van der Waals surface area contributed by atoms with Gasteiger partial charge in [-0.05, 0) is 55.2 Å². The zero-order valence-electron chi connectivity index (χ0n) is 14.3. The molecule has 2 aromatic rings. The molecular weight excluding hydrogens is 348 g/mol. The van der Waals surface area contributed by atoms with E-state index >= 15 is 0 Å². The minimum Gasteiger partial charge on any atom is -0.293 e. The monoisotopic (exact) mass is 366 g/mol. The molecule has 0 saturated heterocycles. The Hall–Kier alpha value is -2.26. The maximum Gasteiger partial charge on any atom is 0.230 e. The van der Waals surface area contributed by atoms with Crippen LogP contribution in [0, 0.1) is 11.8 Å². The van der Waals surface area contributed by atoms with Crippen LogP contribution in [0.4, 0.5) is 0 Å². The first-order chi connectivity index (χ1) is 12.6. The number of Topliss-reactive ketones (excluding diaryl/α,β-unsaturated/α-hetero) is 3. The van der Waals surface area contributed by atoms with Gasteiger partial charge in [-0.15, -0.1) is 0 Å². The van der Waals surface area contributed by atoms with E-state index in [9.17, 15) is 14.4 Å². The molecule has 0 amide bonds. The third-order valence-corrected chi connectivity index (χ3v) is 6.06. The number of hydrogen-bond donors (Lipinski definition) is 0. The van der Waals surface area contributed by atoms with Gasteiger partial charge in [-0.2, -0.15) is 0 Å². The SMILES string of the molecule is O=C1C(=O)[C@H](C2CCC(c3ccc(Cl)cc3)CC2)C(=O)c2ccccc21.